The Morgan fingerprint density at radius 1 is 1.00 bits per heavy atom. The van der Waals surface area contributed by atoms with Crippen molar-refractivity contribution in [2.24, 2.45) is 0 Å². The van der Waals surface area contributed by atoms with Crippen molar-refractivity contribution in [3.63, 3.8) is 0 Å². The summed E-state index contributed by atoms with van der Waals surface area (Å²) in [5.41, 5.74) is 3.11. The second-order valence-electron chi connectivity index (χ2n) is 11.8. The lowest BCUT2D eigenvalue weighted by Gasteiger charge is -2.29. The minimum Gasteiger partial charge on any atom is -0.478 e. The predicted octanol–water partition coefficient (Wildman–Crippen LogP) is 5.13. The van der Waals surface area contributed by atoms with Gasteiger partial charge in [0.15, 0.2) is 0 Å². The van der Waals surface area contributed by atoms with E-state index in [0.717, 1.165) is 43.3 Å². The van der Waals surface area contributed by atoms with E-state index in [-0.39, 0.29) is 22.5 Å². The fraction of sp³-hybridized carbons (Fsp3) is 0.364. The molecule has 0 aliphatic heterocycles. The smallest absolute Gasteiger partial charge is 0.335 e. The number of sulfonamides is 1. The highest BCUT2D eigenvalue weighted by Gasteiger charge is 2.22. The molecule has 0 fully saturated rings. The number of anilines is 1. The number of aromatic carboxylic acids is 1. The number of aromatic nitrogens is 1. The molecule has 3 aromatic carbocycles. The van der Waals surface area contributed by atoms with Crippen LogP contribution in [0, 0.1) is 0 Å². The van der Waals surface area contributed by atoms with Crippen molar-refractivity contribution in [1.82, 2.24) is 14.8 Å². The van der Waals surface area contributed by atoms with Crippen molar-refractivity contribution in [1.29, 1.82) is 0 Å². The van der Waals surface area contributed by atoms with Gasteiger partial charge < -0.3 is 25.0 Å². The molecule has 0 aliphatic carbocycles. The summed E-state index contributed by atoms with van der Waals surface area (Å²) in [6.07, 6.45) is 1.79. The number of benzene rings is 3. The van der Waals surface area contributed by atoms with Crippen LogP contribution < -0.4 is 10.0 Å². The molecule has 1 heterocycles. The van der Waals surface area contributed by atoms with Gasteiger partial charge in [0, 0.05) is 40.9 Å². The Morgan fingerprint density at radius 3 is 2.44 bits per heavy atom. The molecule has 43 heavy (non-hydrogen) atoms. The zero-order valence-electron chi connectivity index (χ0n) is 25.2. The van der Waals surface area contributed by atoms with Gasteiger partial charge in [-0.05, 0) is 108 Å². The van der Waals surface area contributed by atoms with E-state index in [2.05, 4.69) is 53.5 Å². The van der Waals surface area contributed by atoms with Gasteiger partial charge in [0.25, 0.3) is 10.0 Å². The van der Waals surface area contributed by atoms with Crippen molar-refractivity contribution in [3.05, 3.63) is 95.7 Å². The van der Waals surface area contributed by atoms with Crippen LogP contribution in [-0.4, -0.2) is 66.8 Å². The van der Waals surface area contributed by atoms with Gasteiger partial charge in [0.2, 0.25) is 0 Å². The van der Waals surface area contributed by atoms with Crippen LogP contribution in [-0.2, 0) is 23.0 Å². The molecule has 0 amide bonds. The number of aliphatic hydroxyl groups excluding tert-OH is 1. The number of hydrogen-bond donors (Lipinski definition) is 4. The lowest BCUT2D eigenvalue weighted by molar-refractivity contribution is 0.0697. The number of nitrogens with one attached hydrogen (secondary N) is 2. The third kappa shape index (κ3) is 8.67. The van der Waals surface area contributed by atoms with E-state index >= 15 is 0 Å². The Hall–Kier alpha value is -3.70. The molecule has 0 unspecified atom stereocenters. The van der Waals surface area contributed by atoms with Crippen molar-refractivity contribution in [2.75, 3.05) is 31.9 Å². The van der Waals surface area contributed by atoms with Crippen molar-refractivity contribution >= 4 is 32.6 Å². The molecule has 0 saturated heterocycles. The predicted molar refractivity (Wildman–Crippen MR) is 171 cm³/mol. The molecule has 0 spiro atoms. The van der Waals surface area contributed by atoms with E-state index in [1.165, 1.54) is 17.8 Å². The first-order chi connectivity index (χ1) is 20.3. The second kappa shape index (κ2) is 13.7. The van der Waals surface area contributed by atoms with Crippen LogP contribution in [0.4, 0.5) is 5.69 Å². The van der Waals surface area contributed by atoms with Crippen LogP contribution in [0.2, 0.25) is 0 Å². The van der Waals surface area contributed by atoms with Crippen LogP contribution in [0.1, 0.15) is 54.4 Å². The van der Waals surface area contributed by atoms with Gasteiger partial charge in [-0.1, -0.05) is 30.3 Å². The summed E-state index contributed by atoms with van der Waals surface area (Å²) in [5.74, 6) is -0.938. The van der Waals surface area contributed by atoms with Gasteiger partial charge in [0.05, 0.1) is 16.6 Å². The van der Waals surface area contributed by atoms with E-state index in [9.17, 15) is 23.4 Å². The maximum Gasteiger partial charge on any atom is 0.335 e. The number of aliphatic hydroxyl groups is 1. The molecule has 230 valence electrons. The Morgan fingerprint density at radius 2 is 1.74 bits per heavy atom. The Bertz CT molecular complexity index is 1650. The molecule has 4 aromatic rings. The summed E-state index contributed by atoms with van der Waals surface area (Å²) < 4.78 is 30.3. The van der Waals surface area contributed by atoms with Gasteiger partial charge in [0.1, 0.15) is 0 Å². The van der Waals surface area contributed by atoms with E-state index in [4.69, 9.17) is 0 Å². The number of β-amino-alcohol motifs (C(OH)–C–C–N with tert-alkyl or cyclic N) is 1. The number of rotatable bonds is 15. The first-order valence-electron chi connectivity index (χ1n) is 14.5. The molecule has 1 atom stereocenters. The zero-order chi connectivity index (χ0) is 31.2. The molecular formula is C33H42N4O5S. The normalized spacial score (nSPS) is 13.0. The first-order valence-corrected chi connectivity index (χ1v) is 15.9. The maximum atomic E-state index is 12.7. The van der Waals surface area contributed by atoms with E-state index in [1.54, 1.807) is 54.6 Å². The number of aryl methyl sites for hydroxylation is 2. The number of nitrogens with zero attached hydrogens (tertiary/aromatic N) is 2. The lowest BCUT2D eigenvalue weighted by atomic mass is 9.99. The maximum absolute atomic E-state index is 12.7. The molecule has 0 aliphatic rings. The lowest BCUT2D eigenvalue weighted by Crippen LogP contribution is -2.42. The molecule has 0 bridgehead atoms. The van der Waals surface area contributed by atoms with Gasteiger partial charge in [-0.15, -0.1) is 0 Å². The summed E-state index contributed by atoms with van der Waals surface area (Å²) in [6.45, 7) is 6.14. The van der Waals surface area contributed by atoms with Gasteiger partial charge >= 0.3 is 5.97 Å². The fourth-order valence-corrected chi connectivity index (χ4v) is 6.17. The number of carbonyl (C=O) groups is 1. The summed E-state index contributed by atoms with van der Waals surface area (Å²) in [7, 11) is 0.367. The second-order valence-corrected chi connectivity index (χ2v) is 13.5. The van der Waals surface area contributed by atoms with Crippen LogP contribution in [0.25, 0.3) is 10.9 Å². The van der Waals surface area contributed by atoms with Crippen molar-refractivity contribution < 1.29 is 23.4 Å². The highest BCUT2D eigenvalue weighted by molar-refractivity contribution is 7.92. The molecule has 1 aromatic heterocycles. The minimum absolute atomic E-state index is 0.169. The van der Waals surface area contributed by atoms with Gasteiger partial charge in [-0.25, -0.2) is 13.2 Å². The van der Waals surface area contributed by atoms with Gasteiger partial charge in [-0.2, -0.15) is 0 Å². The van der Waals surface area contributed by atoms with E-state index in [1.807, 2.05) is 6.07 Å². The van der Waals surface area contributed by atoms with Crippen molar-refractivity contribution in [3.8, 4) is 0 Å². The average Bonchev–Trinajstić information content (AvgIpc) is 3.31. The molecule has 4 rings (SSSR count). The summed E-state index contributed by atoms with van der Waals surface area (Å²) in [4.78, 5) is 13.9. The van der Waals surface area contributed by atoms with Gasteiger partial charge in [-0.3, -0.25) is 4.72 Å². The standard InChI is InChI=1S/C33H42N4O5S/c1-33(2,17-19-37-28(12-9-18-36(3)4)22-26-20-25(32(39)40)15-16-30(26)37)34-23-31(38)24-10-8-11-27(21-24)35-43(41,42)29-13-6-5-7-14-29/h5-8,10-11,13-16,20-22,31,34-35,38H,9,12,17-19,23H2,1-4H3,(H,39,40)/t31-/m0/s1. The molecule has 0 saturated carbocycles. The monoisotopic (exact) mass is 606 g/mol. The van der Waals surface area contributed by atoms with Crippen LogP contribution in [0.3, 0.4) is 0 Å². The first kappa shape index (κ1) is 32.2. The quantitative estimate of drug-likeness (QED) is 0.148. The Balaban J connectivity index is 1.41. The highest BCUT2D eigenvalue weighted by atomic mass is 32.2. The number of hydrogen-bond acceptors (Lipinski definition) is 6. The summed E-state index contributed by atoms with van der Waals surface area (Å²) >= 11 is 0. The topological polar surface area (TPSA) is 124 Å². The third-order valence-corrected chi connectivity index (χ3v) is 8.98. The molecule has 0 radical (unpaired) electrons. The zero-order valence-corrected chi connectivity index (χ0v) is 26.1. The molecule has 10 heteroatoms. The van der Waals surface area contributed by atoms with Crippen LogP contribution in [0.5, 0.6) is 0 Å². The molecule has 9 nitrogen and oxygen atoms in total. The minimum atomic E-state index is -3.74. The van der Waals surface area contributed by atoms with Crippen LogP contribution >= 0.6 is 0 Å². The SMILES string of the molecule is CN(C)CCCc1cc2cc(C(=O)O)ccc2n1CCC(C)(C)NC[C@H](O)c1cccc(NS(=O)(=O)c2ccccc2)c1. The fourth-order valence-electron chi connectivity index (χ4n) is 5.10. The molecule has 4 N–H and O–H groups in total. The summed E-state index contributed by atoms with van der Waals surface area (Å²) in [5, 5.41) is 24.8. The Labute approximate surface area is 254 Å². The van der Waals surface area contributed by atoms with E-state index in [0.29, 0.717) is 11.3 Å². The van der Waals surface area contributed by atoms with Crippen LogP contribution in [0.15, 0.2) is 83.8 Å². The largest absolute Gasteiger partial charge is 0.478 e. The van der Waals surface area contributed by atoms with E-state index < -0.39 is 22.1 Å². The molecular weight excluding hydrogens is 564 g/mol. The summed E-state index contributed by atoms with van der Waals surface area (Å²) in [6, 6.07) is 22.3. The number of fused-ring (bicyclic) bond motifs is 1. The third-order valence-electron chi connectivity index (χ3n) is 7.58. The number of carboxylic acids is 1. The number of carboxylic acid groups (broad SMARTS) is 1. The highest BCUT2D eigenvalue weighted by Crippen LogP contribution is 2.26. The average molecular weight is 607 g/mol. The van der Waals surface area contributed by atoms with Crippen molar-refractivity contribution in [2.45, 2.75) is 56.2 Å². The Kier molecular flexibility index (Phi) is 10.3.